The number of nitrogens with one attached hydrogen (secondary N) is 1. The number of ether oxygens (including phenoxy) is 2. The lowest BCUT2D eigenvalue weighted by Gasteiger charge is -2.16. The molecule has 0 aromatic heterocycles. The van der Waals surface area contributed by atoms with Crippen molar-refractivity contribution in [2.24, 2.45) is 0 Å². The third-order valence-electron chi connectivity index (χ3n) is 2.88. The van der Waals surface area contributed by atoms with Gasteiger partial charge in [0.2, 0.25) is 0 Å². The van der Waals surface area contributed by atoms with E-state index in [0.717, 1.165) is 20.3 Å². The second kappa shape index (κ2) is 8.77. The Balaban J connectivity index is 3.45. The smallest absolute Gasteiger partial charge is 0.466 e. The van der Waals surface area contributed by atoms with Crippen LogP contribution < -0.4 is 9.50 Å². The summed E-state index contributed by atoms with van der Waals surface area (Å²) in [6.45, 7) is 1.50. The zero-order valence-corrected chi connectivity index (χ0v) is 17.0. The summed E-state index contributed by atoms with van der Waals surface area (Å²) in [5.41, 5.74) is -6.09. The Morgan fingerprint density at radius 3 is 2.26 bits per heavy atom. The topological polar surface area (TPSA) is 108 Å². The lowest BCUT2D eigenvalue weighted by molar-refractivity contribution is -0.138. The van der Waals surface area contributed by atoms with Gasteiger partial charge in [0.05, 0.1) is 26.0 Å². The Labute approximate surface area is 165 Å². The molecule has 0 heterocycles. The van der Waals surface area contributed by atoms with Crippen LogP contribution in [0.5, 0.6) is 5.75 Å². The number of hydrogen-bond acceptors (Lipinski definition) is 8. The fraction of sp³-hybridized carbons (Fsp3) is 0.286. The van der Waals surface area contributed by atoms with Crippen LogP contribution in [0, 0.1) is 10.5 Å². The van der Waals surface area contributed by atoms with E-state index in [9.17, 15) is 31.2 Å². The third kappa shape index (κ3) is 5.98. The highest BCUT2D eigenvalue weighted by atomic mass is 127. The molecular formula is C14H13F3INO7S. The molecule has 1 rings (SSSR count). The average molecular weight is 523 g/mol. The first-order valence-corrected chi connectivity index (χ1v) is 9.27. The number of rotatable bonds is 6. The van der Waals surface area contributed by atoms with Crippen molar-refractivity contribution in [2.75, 3.05) is 19.5 Å². The molecule has 0 aliphatic carbocycles. The van der Waals surface area contributed by atoms with Gasteiger partial charge < -0.3 is 19.0 Å². The number of aryl methyl sites for hydroxylation is 1. The molecule has 1 aromatic carbocycles. The van der Waals surface area contributed by atoms with Crippen LogP contribution in [0.3, 0.4) is 0 Å². The van der Waals surface area contributed by atoms with E-state index in [1.54, 1.807) is 0 Å². The van der Waals surface area contributed by atoms with Gasteiger partial charge in [-0.25, -0.2) is 9.59 Å². The van der Waals surface area contributed by atoms with Gasteiger partial charge in [-0.2, -0.15) is 21.6 Å². The zero-order valence-electron chi connectivity index (χ0n) is 14.0. The van der Waals surface area contributed by atoms with E-state index in [2.05, 4.69) is 19.0 Å². The molecule has 0 unspecified atom stereocenters. The van der Waals surface area contributed by atoms with Crippen LogP contribution in [0.2, 0.25) is 0 Å². The molecule has 13 heteroatoms. The van der Waals surface area contributed by atoms with Crippen molar-refractivity contribution in [2.45, 2.75) is 12.4 Å². The van der Waals surface area contributed by atoms with Crippen molar-refractivity contribution in [1.82, 2.24) is 0 Å². The maximum atomic E-state index is 12.6. The number of carbonyl (C=O) groups excluding carboxylic acids is 2. The summed E-state index contributed by atoms with van der Waals surface area (Å²) in [5.74, 6) is -2.75. The second-order valence-electron chi connectivity index (χ2n) is 4.78. The van der Waals surface area contributed by atoms with Gasteiger partial charge in [0.15, 0.2) is 5.75 Å². The highest BCUT2D eigenvalue weighted by Gasteiger charge is 2.49. The number of anilines is 1. The van der Waals surface area contributed by atoms with E-state index in [1.807, 2.05) is 22.6 Å². The highest BCUT2D eigenvalue weighted by molar-refractivity contribution is 14.1. The van der Waals surface area contributed by atoms with Gasteiger partial charge in [-0.05, 0) is 47.2 Å². The summed E-state index contributed by atoms with van der Waals surface area (Å²) in [5, 5.41) is 2.33. The summed E-state index contributed by atoms with van der Waals surface area (Å²) in [6, 6.07) is 2.26. The fourth-order valence-corrected chi connectivity index (χ4v) is 2.50. The van der Waals surface area contributed by atoms with Crippen LogP contribution >= 0.6 is 22.6 Å². The largest absolute Gasteiger partial charge is 0.534 e. The summed E-state index contributed by atoms with van der Waals surface area (Å²) in [7, 11) is -3.93. The van der Waals surface area contributed by atoms with Gasteiger partial charge in [0.25, 0.3) is 0 Å². The van der Waals surface area contributed by atoms with Crippen LogP contribution in [-0.4, -0.2) is 40.1 Å². The third-order valence-corrected chi connectivity index (χ3v) is 5.01. The van der Waals surface area contributed by atoms with Crippen molar-refractivity contribution in [3.05, 3.63) is 33.0 Å². The molecule has 0 radical (unpaired) electrons. The van der Waals surface area contributed by atoms with Gasteiger partial charge in [-0.1, -0.05) is 0 Å². The van der Waals surface area contributed by atoms with E-state index in [0.29, 0.717) is 15.2 Å². The van der Waals surface area contributed by atoms with E-state index in [4.69, 9.17) is 0 Å². The number of hydrogen-bond donors (Lipinski definition) is 1. The Hall–Kier alpha value is -2.03. The zero-order chi connectivity index (χ0) is 21.0. The normalized spacial score (nSPS) is 12.3. The molecule has 0 bridgehead atoms. The Morgan fingerprint density at radius 2 is 1.78 bits per heavy atom. The van der Waals surface area contributed by atoms with Crippen LogP contribution in [0.25, 0.3) is 0 Å². The Bertz CT molecular complexity index is 881. The molecule has 8 nitrogen and oxygen atoms in total. The van der Waals surface area contributed by atoms with E-state index >= 15 is 0 Å². The molecule has 0 spiro atoms. The first-order valence-electron chi connectivity index (χ1n) is 6.78. The molecule has 27 heavy (non-hydrogen) atoms. The van der Waals surface area contributed by atoms with Crippen molar-refractivity contribution in [3.63, 3.8) is 0 Å². The summed E-state index contributed by atoms with van der Waals surface area (Å²) in [6.07, 6.45) is 0.681. The molecule has 0 amide bonds. The monoisotopic (exact) mass is 523 g/mol. The minimum Gasteiger partial charge on any atom is -0.466 e. The van der Waals surface area contributed by atoms with Crippen LogP contribution in [-0.2, 0) is 29.2 Å². The van der Waals surface area contributed by atoms with Crippen LogP contribution in [0.15, 0.2) is 23.9 Å². The highest BCUT2D eigenvalue weighted by Crippen LogP contribution is 2.35. The number of benzene rings is 1. The van der Waals surface area contributed by atoms with Gasteiger partial charge in [0, 0.05) is 3.57 Å². The number of halogens is 4. The summed E-state index contributed by atoms with van der Waals surface area (Å²) in [4.78, 5) is 23.1. The lowest BCUT2D eigenvalue weighted by Crippen LogP contribution is -2.28. The lowest BCUT2D eigenvalue weighted by atomic mass is 10.2. The maximum Gasteiger partial charge on any atom is 0.534 e. The van der Waals surface area contributed by atoms with Gasteiger partial charge >= 0.3 is 27.6 Å². The second-order valence-corrected chi connectivity index (χ2v) is 7.48. The van der Waals surface area contributed by atoms with Gasteiger partial charge in [-0.3, -0.25) is 0 Å². The van der Waals surface area contributed by atoms with Gasteiger partial charge in [-0.15, -0.1) is 0 Å². The molecule has 0 saturated carbocycles. The van der Waals surface area contributed by atoms with Gasteiger partial charge in [0.1, 0.15) is 5.70 Å². The first kappa shape index (κ1) is 23.0. The molecule has 0 aliphatic rings. The average Bonchev–Trinajstić information content (AvgIpc) is 2.56. The van der Waals surface area contributed by atoms with E-state index in [1.165, 1.54) is 13.0 Å². The van der Waals surface area contributed by atoms with E-state index in [-0.39, 0.29) is 5.69 Å². The molecule has 0 fully saturated rings. The standard InChI is InChI=1S/C14H13F3INO7S/c1-7-4-11(26-27(22,23)14(15,16)17)9(5-8(7)18)19-10(13(21)25-3)6-12(20)24-2/h4-6,19H,1-3H3/b10-6+. The molecule has 0 atom stereocenters. The summed E-state index contributed by atoms with van der Waals surface area (Å²) >= 11 is 1.83. The predicted octanol–water partition coefficient (Wildman–Crippen LogP) is 2.47. The van der Waals surface area contributed by atoms with E-state index < -0.39 is 39.0 Å². The Kier molecular flexibility index (Phi) is 7.48. The fourth-order valence-electron chi connectivity index (χ4n) is 1.56. The SMILES string of the molecule is COC(=O)/C=C(/Nc1cc(I)c(C)cc1OS(=O)(=O)C(F)(F)F)C(=O)OC. The van der Waals surface area contributed by atoms with Crippen LogP contribution in [0.4, 0.5) is 18.9 Å². The molecule has 150 valence electrons. The molecular weight excluding hydrogens is 510 g/mol. The minimum absolute atomic E-state index is 0.321. The Morgan fingerprint density at radius 1 is 1.19 bits per heavy atom. The maximum absolute atomic E-state index is 12.6. The molecule has 1 N–H and O–H groups in total. The molecule has 1 aromatic rings. The van der Waals surface area contributed by atoms with Crippen molar-refractivity contribution >= 4 is 50.3 Å². The van der Waals surface area contributed by atoms with Crippen molar-refractivity contribution < 1.29 is 44.8 Å². The predicted molar refractivity (Wildman–Crippen MR) is 95.2 cm³/mol. The quantitative estimate of drug-likeness (QED) is 0.199. The number of alkyl halides is 3. The number of esters is 2. The van der Waals surface area contributed by atoms with Crippen LogP contribution in [0.1, 0.15) is 5.56 Å². The first-order chi connectivity index (χ1) is 12.3. The number of carbonyl (C=O) groups is 2. The summed E-state index contributed by atoms with van der Waals surface area (Å²) < 4.78 is 74.0. The van der Waals surface area contributed by atoms with Crippen molar-refractivity contribution in [3.8, 4) is 5.75 Å². The minimum atomic E-state index is -5.96. The molecule has 0 aliphatic heterocycles. The van der Waals surface area contributed by atoms with Crippen molar-refractivity contribution in [1.29, 1.82) is 0 Å². The number of methoxy groups -OCH3 is 2. The molecule has 0 saturated heterocycles.